The van der Waals surface area contributed by atoms with Crippen LogP contribution >= 0.6 is 15.9 Å². The molecule has 10 heavy (non-hydrogen) atoms. The van der Waals surface area contributed by atoms with Gasteiger partial charge >= 0.3 is 0 Å². The van der Waals surface area contributed by atoms with Crippen molar-refractivity contribution in [2.75, 3.05) is 0 Å². The molecule has 1 aromatic rings. The van der Waals surface area contributed by atoms with E-state index >= 15 is 0 Å². The van der Waals surface area contributed by atoms with Crippen LogP contribution < -0.4 is 0 Å². The van der Waals surface area contributed by atoms with Crippen molar-refractivity contribution in [3.05, 3.63) is 27.6 Å². The Morgan fingerprint density at radius 2 is 2.20 bits per heavy atom. The molecule has 1 N–H and O–H groups in total. The maximum atomic E-state index is 9.92. The molecule has 1 rings (SSSR count). The summed E-state index contributed by atoms with van der Waals surface area (Å²) in [6, 6.07) is 4.29. The Morgan fingerprint density at radius 3 is 2.70 bits per heavy atom. The highest BCUT2D eigenvalue weighted by Gasteiger charge is 1.97. The first-order valence-electron chi connectivity index (χ1n) is 2.56. The minimum Gasteiger partial charge on any atom is -0.507 e. The van der Waals surface area contributed by atoms with E-state index in [2.05, 4.69) is 21.1 Å². The van der Waals surface area contributed by atoms with E-state index in [0.717, 1.165) is 0 Å². The first-order chi connectivity index (χ1) is 4.74. The standard InChI is InChI=1S/C6H4BrNO2/c7-5-3-4(8-10)1-2-6(5)9/h1-3,9H. The lowest BCUT2D eigenvalue weighted by Crippen LogP contribution is -1.66. The Hall–Kier alpha value is -0.900. The van der Waals surface area contributed by atoms with Crippen LogP contribution in [0.4, 0.5) is 5.69 Å². The molecule has 0 aromatic heterocycles. The highest BCUT2D eigenvalue weighted by Crippen LogP contribution is 2.27. The van der Waals surface area contributed by atoms with Gasteiger partial charge in [0, 0.05) is 0 Å². The molecule has 0 unspecified atom stereocenters. The zero-order chi connectivity index (χ0) is 7.56. The van der Waals surface area contributed by atoms with Gasteiger partial charge in [-0.2, -0.15) is 0 Å². The topological polar surface area (TPSA) is 49.7 Å². The van der Waals surface area contributed by atoms with E-state index in [1.807, 2.05) is 0 Å². The number of rotatable bonds is 1. The van der Waals surface area contributed by atoms with Gasteiger partial charge in [0.05, 0.1) is 4.47 Å². The molecule has 3 nitrogen and oxygen atoms in total. The Morgan fingerprint density at radius 1 is 1.50 bits per heavy atom. The van der Waals surface area contributed by atoms with Gasteiger partial charge in [0.15, 0.2) is 0 Å². The highest BCUT2D eigenvalue weighted by atomic mass is 79.9. The summed E-state index contributed by atoms with van der Waals surface area (Å²) in [5, 5.41) is 11.6. The van der Waals surface area contributed by atoms with E-state index in [-0.39, 0.29) is 5.75 Å². The highest BCUT2D eigenvalue weighted by molar-refractivity contribution is 9.10. The van der Waals surface area contributed by atoms with Crippen LogP contribution in [0.15, 0.2) is 27.8 Å². The lowest BCUT2D eigenvalue weighted by atomic mass is 10.3. The maximum absolute atomic E-state index is 9.92. The lowest BCUT2D eigenvalue weighted by molar-refractivity contribution is 0.472. The predicted molar refractivity (Wildman–Crippen MR) is 41.3 cm³/mol. The molecule has 0 aliphatic heterocycles. The fraction of sp³-hybridized carbons (Fsp3) is 0. The third-order valence-electron chi connectivity index (χ3n) is 1.04. The summed E-state index contributed by atoms with van der Waals surface area (Å²) in [5.41, 5.74) is 0.296. The molecule has 0 radical (unpaired) electrons. The van der Waals surface area contributed by atoms with Gasteiger partial charge in [-0.1, -0.05) is 0 Å². The summed E-state index contributed by atoms with van der Waals surface area (Å²) >= 11 is 3.04. The largest absolute Gasteiger partial charge is 0.507 e. The Kier molecular flexibility index (Phi) is 2.01. The molecule has 0 heterocycles. The lowest BCUT2D eigenvalue weighted by Gasteiger charge is -1.93. The van der Waals surface area contributed by atoms with Crippen LogP contribution in [0.5, 0.6) is 5.75 Å². The van der Waals surface area contributed by atoms with Gasteiger partial charge in [-0.25, -0.2) is 0 Å². The molecule has 52 valence electrons. The Balaban J connectivity index is 3.16. The number of aromatic hydroxyl groups is 1. The average Bonchev–Trinajstić information content (AvgIpc) is 1.95. The molecule has 0 fully saturated rings. The second kappa shape index (κ2) is 2.79. The molecule has 0 amide bonds. The first-order valence-corrected chi connectivity index (χ1v) is 3.35. The van der Waals surface area contributed by atoms with E-state index < -0.39 is 0 Å². The minimum absolute atomic E-state index is 0.104. The zero-order valence-corrected chi connectivity index (χ0v) is 6.50. The van der Waals surface area contributed by atoms with Gasteiger partial charge in [-0.05, 0) is 39.3 Å². The number of phenols is 1. The van der Waals surface area contributed by atoms with E-state index in [1.54, 1.807) is 0 Å². The van der Waals surface area contributed by atoms with Crippen molar-refractivity contribution in [2.45, 2.75) is 0 Å². The van der Waals surface area contributed by atoms with Gasteiger partial charge in [0.1, 0.15) is 11.4 Å². The van der Waals surface area contributed by atoms with Gasteiger partial charge in [0.25, 0.3) is 0 Å². The molecule has 0 saturated carbocycles. The predicted octanol–water partition coefficient (Wildman–Crippen LogP) is 2.55. The van der Waals surface area contributed by atoms with Gasteiger partial charge in [-0.15, -0.1) is 4.91 Å². The molecular weight excluding hydrogens is 198 g/mol. The number of hydrogen-bond acceptors (Lipinski definition) is 3. The van der Waals surface area contributed by atoms with Crippen molar-refractivity contribution in [1.29, 1.82) is 0 Å². The zero-order valence-electron chi connectivity index (χ0n) is 4.91. The Bertz CT molecular complexity index is 262. The second-order valence-corrected chi connectivity index (χ2v) is 2.58. The quantitative estimate of drug-likeness (QED) is 0.711. The minimum atomic E-state index is 0.104. The SMILES string of the molecule is O=Nc1ccc(O)c(Br)c1. The summed E-state index contributed by atoms with van der Waals surface area (Å²) in [7, 11) is 0. The summed E-state index contributed by atoms with van der Waals surface area (Å²) in [6.07, 6.45) is 0. The number of nitrogens with zero attached hydrogens (tertiary/aromatic N) is 1. The van der Waals surface area contributed by atoms with E-state index in [4.69, 9.17) is 5.11 Å². The molecule has 0 saturated heterocycles. The summed E-state index contributed by atoms with van der Waals surface area (Å²) in [6.45, 7) is 0. The van der Waals surface area contributed by atoms with Crippen molar-refractivity contribution in [1.82, 2.24) is 0 Å². The Labute approximate surface area is 65.8 Å². The summed E-state index contributed by atoms with van der Waals surface area (Å²) in [4.78, 5) is 9.92. The fourth-order valence-corrected chi connectivity index (χ4v) is 0.919. The summed E-state index contributed by atoms with van der Waals surface area (Å²) in [5.74, 6) is 0.104. The summed E-state index contributed by atoms with van der Waals surface area (Å²) < 4.78 is 0.476. The third-order valence-corrected chi connectivity index (χ3v) is 1.67. The van der Waals surface area contributed by atoms with Crippen molar-refractivity contribution in [3.8, 4) is 5.75 Å². The van der Waals surface area contributed by atoms with E-state index in [0.29, 0.717) is 10.2 Å². The van der Waals surface area contributed by atoms with Crippen molar-refractivity contribution < 1.29 is 5.11 Å². The number of hydrogen-bond donors (Lipinski definition) is 1. The normalized spacial score (nSPS) is 9.30. The number of benzene rings is 1. The van der Waals surface area contributed by atoms with Crippen molar-refractivity contribution in [2.24, 2.45) is 5.18 Å². The van der Waals surface area contributed by atoms with Crippen LogP contribution in [0.3, 0.4) is 0 Å². The van der Waals surface area contributed by atoms with Gasteiger partial charge in [0.2, 0.25) is 0 Å². The maximum Gasteiger partial charge on any atom is 0.129 e. The van der Waals surface area contributed by atoms with Crippen LogP contribution in [-0.4, -0.2) is 5.11 Å². The molecule has 0 aliphatic rings. The molecule has 1 aromatic carbocycles. The van der Waals surface area contributed by atoms with Gasteiger partial charge in [-0.3, -0.25) is 0 Å². The van der Waals surface area contributed by atoms with Crippen LogP contribution in [0.1, 0.15) is 0 Å². The average molecular weight is 202 g/mol. The van der Waals surface area contributed by atoms with Crippen molar-refractivity contribution >= 4 is 21.6 Å². The van der Waals surface area contributed by atoms with Crippen LogP contribution in [0.2, 0.25) is 0 Å². The van der Waals surface area contributed by atoms with Crippen molar-refractivity contribution in [3.63, 3.8) is 0 Å². The first kappa shape index (κ1) is 7.21. The van der Waals surface area contributed by atoms with E-state index in [9.17, 15) is 4.91 Å². The third kappa shape index (κ3) is 1.33. The van der Waals surface area contributed by atoms with Gasteiger partial charge < -0.3 is 5.11 Å². The van der Waals surface area contributed by atoms with Crippen LogP contribution in [0.25, 0.3) is 0 Å². The molecule has 0 atom stereocenters. The number of nitroso groups, excluding NO2 is 1. The smallest absolute Gasteiger partial charge is 0.129 e. The monoisotopic (exact) mass is 201 g/mol. The molecule has 0 aliphatic carbocycles. The molecule has 0 bridgehead atoms. The number of halogens is 1. The van der Waals surface area contributed by atoms with Crippen LogP contribution in [0, 0.1) is 4.91 Å². The molecular formula is C6H4BrNO2. The number of phenolic OH excluding ortho intramolecular Hbond substituents is 1. The van der Waals surface area contributed by atoms with Crippen LogP contribution in [-0.2, 0) is 0 Å². The fourth-order valence-electron chi connectivity index (χ4n) is 0.553. The molecule has 0 spiro atoms. The second-order valence-electron chi connectivity index (χ2n) is 1.73. The molecule has 4 heteroatoms. The van der Waals surface area contributed by atoms with E-state index in [1.165, 1.54) is 18.2 Å².